The Bertz CT molecular complexity index is 516. The first-order chi connectivity index (χ1) is 10.1. The van der Waals surface area contributed by atoms with Crippen molar-refractivity contribution >= 4 is 18.2 Å². The number of ether oxygens (including phenoxy) is 1. The molecule has 120 valence electrons. The summed E-state index contributed by atoms with van der Waals surface area (Å²) in [6.07, 6.45) is -4.20. The Balaban J connectivity index is 0.00000264. The van der Waals surface area contributed by atoms with E-state index in [-0.39, 0.29) is 30.4 Å². The zero-order valence-electron chi connectivity index (χ0n) is 13.6. The molecule has 1 aromatic heterocycles. The maximum atomic E-state index is 12.5. The van der Waals surface area contributed by atoms with Gasteiger partial charge in [-0.25, -0.2) is 4.98 Å². The number of hydrogen-bond donors (Lipinski definition) is 2. The molecule has 0 bridgehead atoms. The van der Waals surface area contributed by atoms with Crippen molar-refractivity contribution in [3.63, 3.8) is 0 Å². The Morgan fingerprint density at radius 1 is 1.48 bits per heavy atom. The molecule has 1 fully saturated rings. The van der Waals surface area contributed by atoms with Crippen molar-refractivity contribution in [2.24, 2.45) is 0 Å². The molecule has 0 radical (unpaired) electrons. The maximum absolute atomic E-state index is 12.5. The molecule has 4 nitrogen and oxygen atoms in total. The van der Waals surface area contributed by atoms with E-state index in [2.05, 4.69) is 15.6 Å². The number of anilines is 1. The van der Waals surface area contributed by atoms with Crippen LogP contribution in [0.1, 0.15) is 22.2 Å². The summed E-state index contributed by atoms with van der Waals surface area (Å²) >= 11 is 0. The summed E-state index contributed by atoms with van der Waals surface area (Å²) in [7, 11) is 0. The largest absolute Gasteiger partial charge is 0.417 e. The van der Waals surface area contributed by atoms with E-state index in [1.807, 2.05) is 6.92 Å². The van der Waals surface area contributed by atoms with E-state index in [4.69, 9.17) is 7.48 Å². The molecule has 21 heavy (non-hydrogen) atoms. The molecule has 0 amide bonds. The first-order valence-corrected chi connectivity index (χ1v) is 6.30. The first kappa shape index (κ1) is 14.9. The van der Waals surface area contributed by atoms with Gasteiger partial charge in [0.2, 0.25) is 0 Å². The number of rotatable bonds is 3. The Labute approximate surface area is 130 Å². The van der Waals surface area contributed by atoms with Crippen LogP contribution in [-0.4, -0.2) is 36.3 Å². The number of nitrogens with one attached hydrogen (secondary N) is 2. The molecule has 3 atom stereocenters. The van der Waals surface area contributed by atoms with E-state index in [1.165, 1.54) is 0 Å². The zero-order valence-corrected chi connectivity index (χ0v) is 12.4. The number of hydrogen-bond acceptors (Lipinski definition) is 4. The summed E-state index contributed by atoms with van der Waals surface area (Å²) in [5, 5.41) is 5.57. The number of alkyl halides is 3. The molecule has 2 rings (SSSR count). The van der Waals surface area contributed by atoms with Crippen LogP contribution >= 0.6 is 12.4 Å². The van der Waals surface area contributed by atoms with Gasteiger partial charge < -0.3 is 15.4 Å². The molecule has 2 N–H and O–H groups in total. The molecule has 1 aromatic rings. The normalized spacial score (nSPS) is 28.1. The van der Waals surface area contributed by atoms with E-state index >= 15 is 0 Å². The van der Waals surface area contributed by atoms with Crippen LogP contribution in [0.15, 0.2) is 18.3 Å². The van der Waals surface area contributed by atoms with Crippen molar-refractivity contribution in [2.75, 3.05) is 18.4 Å². The maximum Gasteiger partial charge on any atom is 0.417 e. The minimum Gasteiger partial charge on any atom is -0.373 e. The van der Waals surface area contributed by atoms with Crippen LogP contribution in [0.3, 0.4) is 0 Å². The van der Waals surface area contributed by atoms with Crippen molar-refractivity contribution in [1.29, 1.82) is 0 Å². The summed E-state index contributed by atoms with van der Waals surface area (Å²) in [5.41, 5.74) is -0.875. The van der Waals surface area contributed by atoms with Gasteiger partial charge in [0.1, 0.15) is 5.82 Å². The van der Waals surface area contributed by atoms with Gasteiger partial charge in [-0.05, 0) is 26.0 Å². The van der Waals surface area contributed by atoms with Crippen molar-refractivity contribution < 1.29 is 20.6 Å². The predicted molar refractivity (Wildman–Crippen MR) is 76.8 cm³/mol. The Kier molecular flexibility index (Phi) is 5.16. The van der Waals surface area contributed by atoms with E-state index in [1.54, 1.807) is 6.92 Å². The van der Waals surface area contributed by atoms with Gasteiger partial charge in [0, 0.05) is 19.2 Å². The number of halogens is 4. The topological polar surface area (TPSA) is 46.2 Å². The van der Waals surface area contributed by atoms with Crippen LogP contribution in [0.5, 0.6) is 0 Å². The predicted octanol–water partition coefficient (Wildman–Crippen LogP) is 2.70. The molecule has 0 aliphatic carbocycles. The molecule has 0 spiro atoms. The van der Waals surface area contributed by atoms with Crippen LogP contribution in [-0.2, 0) is 10.9 Å². The molecule has 1 aliphatic rings. The molecule has 0 saturated carbocycles. The zero-order chi connectivity index (χ0) is 16.5. The standard InChI is InChI=1S/C13H18F3N3O.ClH/c1-8-5-17-11(9(2)20-8)7-19-12-4-3-10(6-18-12)13(14,15)16;/h3-4,6,8-9,11,17H,5,7H2,1-2H3,(H,18,19);1H/t8-,9+,11-;/m1./s1/i7D2;. The lowest BCUT2D eigenvalue weighted by atomic mass is 10.1. The van der Waals surface area contributed by atoms with Crippen molar-refractivity contribution in [1.82, 2.24) is 10.3 Å². The van der Waals surface area contributed by atoms with Crippen LogP contribution in [0.25, 0.3) is 0 Å². The average Bonchev–Trinajstić information content (AvgIpc) is 2.37. The first-order valence-electron chi connectivity index (χ1n) is 7.30. The van der Waals surface area contributed by atoms with E-state index in [0.717, 1.165) is 12.1 Å². The summed E-state index contributed by atoms with van der Waals surface area (Å²) in [6.45, 7) is 2.19. The quantitative estimate of drug-likeness (QED) is 0.896. The van der Waals surface area contributed by atoms with Gasteiger partial charge in [-0.2, -0.15) is 13.2 Å². The molecule has 1 aliphatic heterocycles. The lowest BCUT2D eigenvalue weighted by Crippen LogP contribution is -2.53. The van der Waals surface area contributed by atoms with E-state index in [9.17, 15) is 13.2 Å². The fourth-order valence-electron chi connectivity index (χ4n) is 1.91. The minimum absolute atomic E-state index is 0. The van der Waals surface area contributed by atoms with Gasteiger partial charge in [0.25, 0.3) is 0 Å². The van der Waals surface area contributed by atoms with Crippen molar-refractivity contribution in [3.05, 3.63) is 23.9 Å². The van der Waals surface area contributed by atoms with Gasteiger partial charge in [-0.15, -0.1) is 12.4 Å². The van der Waals surface area contributed by atoms with Gasteiger partial charge in [-0.1, -0.05) is 0 Å². The number of morpholine rings is 1. The lowest BCUT2D eigenvalue weighted by Gasteiger charge is -2.34. The second-order valence-electron chi connectivity index (χ2n) is 4.74. The Hall–Kier alpha value is -1.05. The molecule has 8 heteroatoms. The fourth-order valence-corrected chi connectivity index (χ4v) is 1.91. The van der Waals surface area contributed by atoms with E-state index in [0.29, 0.717) is 12.7 Å². The molecule has 2 heterocycles. The highest BCUT2D eigenvalue weighted by molar-refractivity contribution is 5.85. The number of pyridine rings is 1. The molecular formula is C13H19ClF3N3O. The smallest absolute Gasteiger partial charge is 0.373 e. The number of nitrogens with zero attached hydrogens (tertiary/aromatic N) is 1. The van der Waals surface area contributed by atoms with Crippen LogP contribution in [0.4, 0.5) is 19.0 Å². The summed E-state index contributed by atoms with van der Waals surface area (Å²) in [5.74, 6) is 0.0330. The van der Waals surface area contributed by atoms with Crippen LogP contribution < -0.4 is 10.6 Å². The second kappa shape index (κ2) is 7.29. The summed E-state index contributed by atoms with van der Waals surface area (Å²) in [6, 6.07) is 1.33. The van der Waals surface area contributed by atoms with Crippen molar-refractivity contribution in [3.8, 4) is 0 Å². The molecule has 0 aromatic carbocycles. The highest BCUT2D eigenvalue weighted by Gasteiger charge is 2.30. The number of aromatic nitrogens is 1. The molecular weight excluding hydrogens is 307 g/mol. The van der Waals surface area contributed by atoms with Crippen LogP contribution in [0, 0.1) is 0 Å². The van der Waals surface area contributed by atoms with Crippen molar-refractivity contribution in [2.45, 2.75) is 38.3 Å². The Morgan fingerprint density at radius 2 is 2.19 bits per heavy atom. The lowest BCUT2D eigenvalue weighted by molar-refractivity contribution is -0.137. The van der Waals surface area contributed by atoms with Gasteiger partial charge in [-0.3, -0.25) is 0 Å². The summed E-state index contributed by atoms with van der Waals surface area (Å²) < 4.78 is 59.2. The summed E-state index contributed by atoms with van der Waals surface area (Å²) in [4.78, 5) is 3.63. The third-order valence-corrected chi connectivity index (χ3v) is 2.99. The third-order valence-electron chi connectivity index (χ3n) is 2.99. The highest BCUT2D eigenvalue weighted by Crippen LogP contribution is 2.28. The van der Waals surface area contributed by atoms with Crippen LogP contribution in [0.2, 0.25) is 0 Å². The van der Waals surface area contributed by atoms with E-state index < -0.39 is 24.3 Å². The Morgan fingerprint density at radius 3 is 2.71 bits per heavy atom. The van der Waals surface area contributed by atoms with Gasteiger partial charge in [0.15, 0.2) is 0 Å². The minimum atomic E-state index is -4.46. The second-order valence-corrected chi connectivity index (χ2v) is 4.74. The fraction of sp³-hybridized carbons (Fsp3) is 0.615. The monoisotopic (exact) mass is 327 g/mol. The molecule has 1 saturated heterocycles. The third kappa shape index (κ3) is 5.01. The highest BCUT2D eigenvalue weighted by atomic mass is 35.5. The molecule has 0 unspecified atom stereocenters. The van der Waals surface area contributed by atoms with Gasteiger partial charge >= 0.3 is 6.18 Å². The average molecular weight is 328 g/mol. The van der Waals surface area contributed by atoms with Gasteiger partial charge in [0.05, 0.1) is 26.6 Å². The SMILES string of the molecule is Cl.[2H]C([2H])(Nc1ccc(C(F)(F)F)cn1)[C@H]1NC[C@@H](C)O[C@H]1C.